The molecule has 0 saturated carbocycles. The number of carbonyl (C=O) groups is 1. The molecular formula is C6H6N2O3S2. The smallest absolute Gasteiger partial charge is 0.323 e. The van der Waals surface area contributed by atoms with Gasteiger partial charge in [0, 0.05) is 6.21 Å². The van der Waals surface area contributed by atoms with Gasteiger partial charge in [-0.15, -0.1) is 0 Å². The van der Waals surface area contributed by atoms with E-state index in [0.717, 1.165) is 22.1 Å². The van der Waals surface area contributed by atoms with E-state index < -0.39 is 5.97 Å². The molecule has 1 aromatic heterocycles. The molecule has 3 N–H and O–H groups in total. The highest BCUT2D eigenvalue weighted by molar-refractivity contribution is 7.73. The molecule has 1 rings (SSSR count). The van der Waals surface area contributed by atoms with Crippen molar-refractivity contribution in [2.24, 2.45) is 0 Å². The summed E-state index contributed by atoms with van der Waals surface area (Å²) < 4.78 is 1.32. The van der Waals surface area contributed by atoms with Crippen molar-refractivity contribution in [3.05, 3.63) is 8.83 Å². The van der Waals surface area contributed by atoms with E-state index in [1.165, 1.54) is 0 Å². The molecule has 1 heterocycles. The summed E-state index contributed by atoms with van der Waals surface area (Å²) in [4.78, 5) is 10.6. The summed E-state index contributed by atoms with van der Waals surface area (Å²) in [6, 6.07) is 0. The Morgan fingerprint density at radius 1 is 1.77 bits per heavy atom. The van der Waals surface area contributed by atoms with Crippen molar-refractivity contribution >= 4 is 35.7 Å². The van der Waals surface area contributed by atoms with Crippen LogP contribution in [0.5, 0.6) is 5.88 Å². The molecule has 1 aromatic rings. The number of carboxylic acid groups (broad SMARTS) is 1. The highest BCUT2D eigenvalue weighted by Gasteiger charge is 2.11. The van der Waals surface area contributed by atoms with Gasteiger partial charge in [-0.2, -0.15) is 0 Å². The first-order chi connectivity index (χ1) is 6.06. The second kappa shape index (κ2) is 3.67. The Kier molecular flexibility index (Phi) is 2.79. The lowest BCUT2D eigenvalue weighted by molar-refractivity contribution is -0.137. The van der Waals surface area contributed by atoms with Crippen LogP contribution < -0.4 is 0 Å². The molecule has 0 aliphatic rings. The second-order valence-corrected chi connectivity index (χ2v) is 3.86. The zero-order valence-electron chi connectivity index (χ0n) is 6.35. The molecule has 0 spiro atoms. The molecule has 0 aliphatic heterocycles. The van der Waals surface area contributed by atoms with Gasteiger partial charge in [-0.3, -0.25) is 9.36 Å². The van der Waals surface area contributed by atoms with Crippen LogP contribution in [0.3, 0.4) is 0 Å². The predicted octanol–water partition coefficient (Wildman–Crippen LogP) is 1.07. The predicted molar refractivity (Wildman–Crippen MR) is 50.3 cm³/mol. The lowest BCUT2D eigenvalue weighted by Gasteiger charge is -1.98. The topological polar surface area (TPSA) is 86.3 Å². The molecule has 0 aromatic carbocycles. The highest BCUT2D eigenvalue weighted by Crippen LogP contribution is 2.23. The van der Waals surface area contributed by atoms with E-state index >= 15 is 0 Å². The zero-order chi connectivity index (χ0) is 10.0. The summed E-state index contributed by atoms with van der Waals surface area (Å²) in [6.45, 7) is -0.380. The Morgan fingerprint density at radius 2 is 2.38 bits per heavy atom. The van der Waals surface area contributed by atoms with Crippen LogP contribution in [0.25, 0.3) is 0 Å². The fraction of sp³-hybridized carbons (Fsp3) is 0.167. The Bertz CT molecular complexity index is 407. The van der Waals surface area contributed by atoms with E-state index in [4.69, 9.17) is 22.7 Å². The van der Waals surface area contributed by atoms with Crippen LogP contribution in [0.4, 0.5) is 0 Å². The van der Waals surface area contributed by atoms with Crippen molar-refractivity contribution in [1.82, 2.24) is 4.57 Å². The van der Waals surface area contributed by atoms with Gasteiger partial charge in [0.1, 0.15) is 11.4 Å². The monoisotopic (exact) mass is 218 g/mol. The van der Waals surface area contributed by atoms with Gasteiger partial charge in [0.15, 0.2) is 3.95 Å². The molecule has 0 saturated heterocycles. The minimum Gasteiger partial charge on any atom is -0.493 e. The van der Waals surface area contributed by atoms with Gasteiger partial charge < -0.3 is 15.6 Å². The summed E-state index contributed by atoms with van der Waals surface area (Å²) in [6.07, 6.45) is 0.939. The molecule has 13 heavy (non-hydrogen) atoms. The summed E-state index contributed by atoms with van der Waals surface area (Å²) >= 11 is 5.80. The number of thiazole rings is 1. The maximum atomic E-state index is 10.3. The van der Waals surface area contributed by atoms with Gasteiger partial charge in [0.2, 0.25) is 5.88 Å². The molecular weight excluding hydrogens is 212 g/mol. The number of carboxylic acids is 1. The average molecular weight is 218 g/mol. The number of aliphatic carboxylic acids is 1. The van der Waals surface area contributed by atoms with Gasteiger partial charge in [0.05, 0.1) is 0 Å². The number of aromatic hydroxyl groups is 1. The Hall–Kier alpha value is -1.21. The second-order valence-electron chi connectivity index (χ2n) is 2.18. The first-order valence-electron chi connectivity index (χ1n) is 3.21. The standard InChI is InChI=1S/C6H6N2O3S2/c7-1-3-5(11)8(2-4(9)10)6(12)13-3/h1,7,11H,2H2,(H,9,10). The van der Waals surface area contributed by atoms with Crippen LogP contribution in [0.1, 0.15) is 4.88 Å². The SMILES string of the molecule is N=Cc1sc(=S)n(CC(=O)O)c1O. The summed E-state index contributed by atoms with van der Waals surface area (Å²) in [5, 5.41) is 24.7. The number of hydrogen-bond acceptors (Lipinski definition) is 5. The molecule has 0 radical (unpaired) electrons. The quantitative estimate of drug-likeness (QED) is 0.523. The van der Waals surface area contributed by atoms with Gasteiger partial charge in [0.25, 0.3) is 0 Å². The van der Waals surface area contributed by atoms with Gasteiger partial charge in [-0.1, -0.05) is 11.3 Å². The lowest BCUT2D eigenvalue weighted by Crippen LogP contribution is -2.07. The van der Waals surface area contributed by atoms with Crippen LogP contribution in [0, 0.1) is 9.36 Å². The van der Waals surface area contributed by atoms with Crippen LogP contribution in [0.2, 0.25) is 0 Å². The molecule has 0 bridgehead atoms. The van der Waals surface area contributed by atoms with Crippen molar-refractivity contribution in [3.63, 3.8) is 0 Å². The van der Waals surface area contributed by atoms with Crippen LogP contribution in [-0.4, -0.2) is 27.0 Å². The number of aromatic nitrogens is 1. The van der Waals surface area contributed by atoms with Gasteiger partial charge >= 0.3 is 5.97 Å². The normalized spacial score (nSPS) is 9.85. The fourth-order valence-corrected chi connectivity index (χ4v) is 1.91. The molecule has 5 nitrogen and oxygen atoms in total. The first-order valence-corrected chi connectivity index (χ1v) is 4.43. The van der Waals surface area contributed by atoms with E-state index in [2.05, 4.69) is 0 Å². The number of nitrogens with zero attached hydrogens (tertiary/aromatic N) is 1. The Morgan fingerprint density at radius 3 is 2.77 bits per heavy atom. The van der Waals surface area contributed by atoms with Gasteiger partial charge in [-0.05, 0) is 12.2 Å². The van der Waals surface area contributed by atoms with E-state index in [1.54, 1.807) is 0 Å². The van der Waals surface area contributed by atoms with E-state index in [0.29, 0.717) is 0 Å². The van der Waals surface area contributed by atoms with Crippen molar-refractivity contribution in [3.8, 4) is 5.88 Å². The third-order valence-corrected chi connectivity index (χ3v) is 2.70. The maximum Gasteiger partial charge on any atom is 0.323 e. The minimum atomic E-state index is -1.08. The molecule has 0 atom stereocenters. The van der Waals surface area contributed by atoms with Crippen LogP contribution >= 0.6 is 23.6 Å². The average Bonchev–Trinajstić information content (AvgIpc) is 2.31. The number of hydrogen-bond donors (Lipinski definition) is 3. The molecule has 0 unspecified atom stereocenters. The summed E-state index contributed by atoms with van der Waals surface area (Å²) in [7, 11) is 0. The summed E-state index contributed by atoms with van der Waals surface area (Å²) in [5.74, 6) is -1.34. The van der Waals surface area contributed by atoms with Crippen LogP contribution in [-0.2, 0) is 11.3 Å². The lowest BCUT2D eigenvalue weighted by atomic mass is 10.5. The van der Waals surface area contributed by atoms with Gasteiger partial charge in [-0.25, -0.2) is 0 Å². The molecule has 70 valence electrons. The van der Waals surface area contributed by atoms with E-state index in [-0.39, 0.29) is 21.3 Å². The summed E-state index contributed by atoms with van der Waals surface area (Å²) in [5.41, 5.74) is 0. The van der Waals surface area contributed by atoms with Crippen molar-refractivity contribution in [2.75, 3.05) is 0 Å². The Labute approximate surface area is 82.4 Å². The molecule has 7 heteroatoms. The minimum absolute atomic E-state index is 0.249. The van der Waals surface area contributed by atoms with Crippen molar-refractivity contribution < 1.29 is 15.0 Å². The van der Waals surface area contributed by atoms with Crippen molar-refractivity contribution in [2.45, 2.75) is 6.54 Å². The number of nitrogens with one attached hydrogen (secondary N) is 1. The molecule has 0 amide bonds. The largest absolute Gasteiger partial charge is 0.493 e. The fourth-order valence-electron chi connectivity index (χ4n) is 0.783. The van der Waals surface area contributed by atoms with Crippen molar-refractivity contribution in [1.29, 1.82) is 5.41 Å². The highest BCUT2D eigenvalue weighted by atomic mass is 32.1. The first kappa shape index (κ1) is 9.87. The molecule has 0 aliphatic carbocycles. The zero-order valence-corrected chi connectivity index (χ0v) is 7.98. The number of rotatable bonds is 3. The third kappa shape index (κ3) is 1.93. The van der Waals surface area contributed by atoms with Crippen LogP contribution in [0.15, 0.2) is 0 Å². The van der Waals surface area contributed by atoms with E-state index in [1.807, 2.05) is 0 Å². The van der Waals surface area contributed by atoms with E-state index in [9.17, 15) is 9.90 Å². The molecule has 0 fully saturated rings. The maximum absolute atomic E-state index is 10.3. The third-order valence-electron chi connectivity index (χ3n) is 1.32. The Balaban J connectivity index is 3.20.